The molecule has 0 fully saturated rings. The summed E-state index contributed by atoms with van der Waals surface area (Å²) in [5.41, 5.74) is 3.08. The minimum Gasteiger partial charge on any atom is -0.294 e. The molecule has 116 valence electrons. The molecule has 22 heavy (non-hydrogen) atoms. The molecule has 0 saturated carbocycles. The van der Waals surface area contributed by atoms with Crippen molar-refractivity contribution in [1.82, 2.24) is 9.97 Å². The first-order valence-corrected chi connectivity index (χ1v) is 10.3. The number of carbonyl (C=O) groups is 1. The Labute approximate surface area is 143 Å². The van der Waals surface area contributed by atoms with Gasteiger partial charge < -0.3 is 0 Å². The second kappa shape index (κ2) is 5.98. The van der Waals surface area contributed by atoms with Crippen molar-refractivity contribution in [2.45, 2.75) is 36.1 Å². The summed E-state index contributed by atoms with van der Waals surface area (Å²) in [5, 5.41) is 0.770. The van der Waals surface area contributed by atoms with Crippen molar-refractivity contribution in [3.05, 3.63) is 23.4 Å². The van der Waals surface area contributed by atoms with Crippen LogP contribution in [0.1, 0.15) is 36.2 Å². The normalized spacial score (nSPS) is 16.6. The van der Waals surface area contributed by atoms with Crippen molar-refractivity contribution in [2.24, 2.45) is 5.41 Å². The first-order valence-electron chi connectivity index (χ1n) is 7.05. The van der Waals surface area contributed by atoms with E-state index < -0.39 is 0 Å². The molecule has 2 aromatic heterocycles. The number of thioether (sulfide) groups is 2. The quantitative estimate of drug-likeness (QED) is 0.587. The van der Waals surface area contributed by atoms with Crippen LogP contribution in [0, 0.1) is 5.41 Å². The van der Waals surface area contributed by atoms with Gasteiger partial charge in [0.05, 0.1) is 14.8 Å². The largest absolute Gasteiger partial charge is 0.294 e. The van der Waals surface area contributed by atoms with Gasteiger partial charge in [-0.1, -0.05) is 25.6 Å². The Balaban J connectivity index is 2.19. The lowest BCUT2D eigenvalue weighted by atomic mass is 9.74. The van der Waals surface area contributed by atoms with Crippen LogP contribution < -0.4 is 0 Å². The topological polar surface area (TPSA) is 42.9 Å². The molecule has 1 aliphatic rings. The van der Waals surface area contributed by atoms with Gasteiger partial charge in [-0.2, -0.15) is 0 Å². The molecule has 0 atom stereocenters. The summed E-state index contributed by atoms with van der Waals surface area (Å²) in [6.45, 7) is 4.34. The number of thiophene rings is 1. The van der Waals surface area contributed by atoms with Gasteiger partial charge in [0.2, 0.25) is 0 Å². The van der Waals surface area contributed by atoms with E-state index in [0.717, 1.165) is 31.9 Å². The maximum Gasteiger partial charge on any atom is 0.187 e. The van der Waals surface area contributed by atoms with Gasteiger partial charge in [-0.15, -0.1) is 23.1 Å². The third-order valence-corrected chi connectivity index (χ3v) is 6.72. The molecular formula is C16H18N2OS3. The molecule has 2 aromatic rings. The second-order valence-electron chi connectivity index (χ2n) is 6.15. The van der Waals surface area contributed by atoms with Crippen LogP contribution in [0.3, 0.4) is 0 Å². The van der Waals surface area contributed by atoms with Crippen LogP contribution in [-0.2, 0) is 6.42 Å². The van der Waals surface area contributed by atoms with E-state index in [0.29, 0.717) is 6.42 Å². The highest BCUT2D eigenvalue weighted by molar-refractivity contribution is 8.00. The Morgan fingerprint density at radius 2 is 2.00 bits per heavy atom. The minimum atomic E-state index is 0.0188. The van der Waals surface area contributed by atoms with E-state index in [4.69, 9.17) is 0 Å². The lowest BCUT2D eigenvalue weighted by Gasteiger charge is -2.29. The summed E-state index contributed by atoms with van der Waals surface area (Å²) < 4.78 is 1.12. The molecule has 3 rings (SSSR count). The van der Waals surface area contributed by atoms with E-state index in [1.54, 1.807) is 29.3 Å². The highest BCUT2D eigenvalue weighted by Crippen LogP contribution is 2.47. The number of aromatic nitrogens is 2. The predicted octanol–water partition coefficient (Wildman–Crippen LogP) is 4.80. The van der Waals surface area contributed by atoms with E-state index in [1.807, 2.05) is 18.6 Å². The fraction of sp³-hybridized carbons (Fsp3) is 0.438. The van der Waals surface area contributed by atoms with E-state index in [9.17, 15) is 4.79 Å². The van der Waals surface area contributed by atoms with Gasteiger partial charge in [-0.05, 0) is 36.0 Å². The first-order chi connectivity index (χ1) is 10.4. The molecule has 0 spiro atoms. The minimum absolute atomic E-state index is 0.0188. The molecular weight excluding hydrogens is 332 g/mol. The number of rotatable bonds is 3. The number of Topliss-reactive ketones (excluding diaryl/α,β-unsaturated/α-hetero) is 1. The Morgan fingerprint density at radius 3 is 2.68 bits per heavy atom. The maximum absolute atomic E-state index is 12.6. The molecule has 3 nitrogen and oxygen atoms in total. The molecule has 0 aliphatic heterocycles. The van der Waals surface area contributed by atoms with Gasteiger partial charge in [0.1, 0.15) is 0 Å². The number of carbonyl (C=O) groups excluding carboxylic acids is 1. The van der Waals surface area contributed by atoms with Crippen LogP contribution in [0.25, 0.3) is 10.6 Å². The van der Waals surface area contributed by atoms with E-state index in [2.05, 4.69) is 23.8 Å². The molecule has 0 saturated heterocycles. The van der Waals surface area contributed by atoms with Crippen molar-refractivity contribution in [3.63, 3.8) is 0 Å². The standard InChI is InChI=1S/C16H18N2OS3/c1-16(2)7-9-12(11(19)8-16)14(20-3)22-13(9)10-5-6-17-15(18-10)21-4/h5-6H,7-8H2,1-4H3. The Kier molecular flexibility index (Phi) is 4.36. The average molecular weight is 351 g/mol. The number of fused-ring (bicyclic) bond motifs is 1. The van der Waals surface area contributed by atoms with Gasteiger partial charge in [0.15, 0.2) is 10.9 Å². The number of nitrogens with zero attached hydrogens (tertiary/aromatic N) is 2. The predicted molar refractivity (Wildman–Crippen MR) is 95.3 cm³/mol. The lowest BCUT2D eigenvalue weighted by Crippen LogP contribution is -2.26. The Hall–Kier alpha value is -0.850. The fourth-order valence-corrected chi connectivity index (χ4v) is 5.29. The molecule has 0 amide bonds. The summed E-state index contributed by atoms with van der Waals surface area (Å²) in [6, 6.07) is 1.95. The van der Waals surface area contributed by atoms with Crippen molar-refractivity contribution < 1.29 is 4.79 Å². The summed E-state index contributed by atoms with van der Waals surface area (Å²) in [7, 11) is 0. The van der Waals surface area contributed by atoms with Gasteiger partial charge in [0, 0.05) is 18.2 Å². The number of ketones is 1. The van der Waals surface area contributed by atoms with Crippen LogP contribution in [0.4, 0.5) is 0 Å². The summed E-state index contributed by atoms with van der Waals surface area (Å²) in [6.07, 6.45) is 7.37. The van der Waals surface area contributed by atoms with Crippen molar-refractivity contribution in [2.75, 3.05) is 12.5 Å². The van der Waals surface area contributed by atoms with Crippen LogP contribution >= 0.6 is 34.9 Å². The average Bonchev–Trinajstić information content (AvgIpc) is 2.84. The van der Waals surface area contributed by atoms with Crippen LogP contribution in [0.2, 0.25) is 0 Å². The molecule has 0 radical (unpaired) electrons. The SMILES string of the molecule is CSc1nccc(-c2sc(SC)c3c2CC(C)(C)CC3=O)n1. The van der Waals surface area contributed by atoms with E-state index in [-0.39, 0.29) is 11.2 Å². The molecule has 6 heteroatoms. The maximum atomic E-state index is 12.6. The van der Waals surface area contributed by atoms with Gasteiger partial charge in [-0.3, -0.25) is 4.79 Å². The highest BCUT2D eigenvalue weighted by atomic mass is 32.2. The summed E-state index contributed by atoms with van der Waals surface area (Å²) >= 11 is 4.89. The fourth-order valence-electron chi connectivity index (χ4n) is 2.87. The van der Waals surface area contributed by atoms with E-state index >= 15 is 0 Å². The van der Waals surface area contributed by atoms with Gasteiger partial charge in [-0.25, -0.2) is 9.97 Å². The lowest BCUT2D eigenvalue weighted by molar-refractivity contribution is 0.0910. The summed E-state index contributed by atoms with van der Waals surface area (Å²) in [4.78, 5) is 22.6. The van der Waals surface area contributed by atoms with Crippen molar-refractivity contribution >= 4 is 40.6 Å². The van der Waals surface area contributed by atoms with E-state index in [1.165, 1.54) is 17.3 Å². The zero-order chi connectivity index (χ0) is 15.9. The van der Waals surface area contributed by atoms with Crippen LogP contribution in [-0.4, -0.2) is 28.3 Å². The Morgan fingerprint density at radius 1 is 1.23 bits per heavy atom. The second-order valence-corrected chi connectivity index (χ2v) is 9.01. The smallest absolute Gasteiger partial charge is 0.187 e. The van der Waals surface area contributed by atoms with Crippen molar-refractivity contribution in [1.29, 1.82) is 0 Å². The van der Waals surface area contributed by atoms with Crippen LogP contribution in [0.15, 0.2) is 21.6 Å². The van der Waals surface area contributed by atoms with Crippen LogP contribution in [0.5, 0.6) is 0 Å². The first kappa shape index (κ1) is 16.0. The third-order valence-electron chi connectivity index (χ3n) is 3.78. The number of hydrogen-bond acceptors (Lipinski definition) is 6. The monoisotopic (exact) mass is 350 g/mol. The molecule has 2 heterocycles. The molecule has 0 N–H and O–H groups in total. The zero-order valence-electron chi connectivity index (χ0n) is 13.1. The molecule has 1 aliphatic carbocycles. The molecule has 0 aromatic carbocycles. The molecule has 0 bridgehead atoms. The zero-order valence-corrected chi connectivity index (χ0v) is 15.5. The third kappa shape index (κ3) is 2.84. The highest BCUT2D eigenvalue weighted by Gasteiger charge is 2.36. The Bertz CT molecular complexity index is 737. The van der Waals surface area contributed by atoms with Crippen molar-refractivity contribution in [3.8, 4) is 10.6 Å². The van der Waals surface area contributed by atoms with Gasteiger partial charge in [0.25, 0.3) is 0 Å². The van der Waals surface area contributed by atoms with Gasteiger partial charge >= 0.3 is 0 Å². The molecule has 0 unspecified atom stereocenters. The number of hydrogen-bond donors (Lipinski definition) is 0. The summed E-state index contributed by atoms with van der Waals surface area (Å²) in [5.74, 6) is 0.275.